The SMILES string of the molecule is CC[C@](O)(c1cccc(OC(=O)Cc2ccccc2Nc2c(Cl)cccc2Cl)c1)[C@H](C)CN(C)C.CC[C@](O)(c1cccc(OC(=O)Cc2ccccc2Nc2c(Cl)cccc2Cl)c1)[C@H](C)CN(C)C.Cl. The third-order valence-electron chi connectivity index (χ3n) is 12.3. The summed E-state index contributed by atoms with van der Waals surface area (Å²) in [6.07, 6.45) is 1.18. The van der Waals surface area contributed by atoms with Crippen molar-refractivity contribution in [3.63, 3.8) is 0 Å². The van der Waals surface area contributed by atoms with Crippen LogP contribution in [0.2, 0.25) is 20.1 Å². The maximum atomic E-state index is 12.9. The van der Waals surface area contributed by atoms with Crippen LogP contribution in [0.15, 0.2) is 133 Å². The fourth-order valence-corrected chi connectivity index (χ4v) is 9.46. The molecule has 380 valence electrons. The third-order valence-corrected chi connectivity index (χ3v) is 13.5. The second-order valence-electron chi connectivity index (χ2n) is 18.0. The van der Waals surface area contributed by atoms with E-state index in [1.54, 1.807) is 72.8 Å². The fourth-order valence-electron chi connectivity index (χ4n) is 8.47. The molecule has 0 aromatic heterocycles. The van der Waals surface area contributed by atoms with E-state index in [9.17, 15) is 19.8 Å². The molecule has 0 saturated carbocycles. The first-order valence-corrected chi connectivity index (χ1v) is 24.7. The molecule has 15 heteroatoms. The molecule has 0 aliphatic carbocycles. The van der Waals surface area contributed by atoms with Crippen LogP contribution in [0.25, 0.3) is 0 Å². The Balaban J connectivity index is 0.000000304. The van der Waals surface area contributed by atoms with Crippen molar-refractivity contribution in [1.29, 1.82) is 0 Å². The highest BCUT2D eigenvalue weighted by atomic mass is 35.5. The maximum Gasteiger partial charge on any atom is 0.315 e. The van der Waals surface area contributed by atoms with Gasteiger partial charge in [0.2, 0.25) is 0 Å². The van der Waals surface area contributed by atoms with Gasteiger partial charge in [-0.05, 0) is 124 Å². The Labute approximate surface area is 445 Å². The molecule has 6 aromatic carbocycles. The monoisotopic (exact) mass is 1060 g/mol. The van der Waals surface area contributed by atoms with Gasteiger partial charge in [-0.2, -0.15) is 0 Å². The first kappa shape index (κ1) is 58.7. The largest absolute Gasteiger partial charge is 0.426 e. The van der Waals surface area contributed by atoms with Crippen molar-refractivity contribution in [3.05, 3.63) is 176 Å². The highest BCUT2D eigenvalue weighted by Gasteiger charge is 2.36. The van der Waals surface area contributed by atoms with Gasteiger partial charge in [0.15, 0.2) is 0 Å². The maximum absolute atomic E-state index is 12.9. The molecule has 6 rings (SSSR count). The Kier molecular flexibility index (Phi) is 22.6. The Bertz CT molecular complexity index is 2480. The third kappa shape index (κ3) is 16.1. The topological polar surface area (TPSA) is 124 Å². The van der Waals surface area contributed by atoms with E-state index < -0.39 is 23.1 Å². The molecule has 0 unspecified atom stereocenters. The van der Waals surface area contributed by atoms with E-state index in [1.165, 1.54) is 0 Å². The molecule has 0 fully saturated rings. The molecule has 4 atom stereocenters. The second-order valence-corrected chi connectivity index (χ2v) is 19.6. The summed E-state index contributed by atoms with van der Waals surface area (Å²) in [6.45, 7) is 9.43. The van der Waals surface area contributed by atoms with Crippen LogP contribution in [0.5, 0.6) is 11.5 Å². The molecule has 4 N–H and O–H groups in total. The lowest BCUT2D eigenvalue weighted by molar-refractivity contribution is -0.134. The summed E-state index contributed by atoms with van der Waals surface area (Å²) < 4.78 is 11.3. The number of ether oxygens (including phenoxy) is 2. The van der Waals surface area contributed by atoms with Gasteiger partial charge in [-0.1, -0.05) is 147 Å². The van der Waals surface area contributed by atoms with Crippen LogP contribution in [0.1, 0.15) is 62.8 Å². The van der Waals surface area contributed by atoms with Crippen LogP contribution >= 0.6 is 58.8 Å². The van der Waals surface area contributed by atoms with Crippen molar-refractivity contribution in [2.75, 3.05) is 51.9 Å². The number of hydrogen-bond acceptors (Lipinski definition) is 10. The van der Waals surface area contributed by atoms with E-state index in [0.717, 1.165) is 35.3 Å². The van der Waals surface area contributed by atoms with Crippen LogP contribution < -0.4 is 20.1 Å². The lowest BCUT2D eigenvalue weighted by atomic mass is 9.80. The number of nitrogens with zero attached hydrogens (tertiary/aromatic N) is 2. The van der Waals surface area contributed by atoms with E-state index in [4.69, 9.17) is 55.9 Å². The number of nitrogens with one attached hydrogen (secondary N) is 2. The Hall–Kier alpha value is -4.85. The zero-order chi connectivity index (χ0) is 51.2. The summed E-state index contributed by atoms with van der Waals surface area (Å²) >= 11 is 25.2. The average molecular weight is 1070 g/mol. The van der Waals surface area contributed by atoms with E-state index in [-0.39, 0.29) is 37.1 Å². The Morgan fingerprint density at radius 1 is 0.535 bits per heavy atom. The molecule has 0 heterocycles. The molecule has 71 heavy (non-hydrogen) atoms. The van der Waals surface area contributed by atoms with Crippen LogP contribution in [0.3, 0.4) is 0 Å². The Morgan fingerprint density at radius 2 is 0.859 bits per heavy atom. The second kappa shape index (κ2) is 27.3. The molecule has 0 aliphatic heterocycles. The van der Waals surface area contributed by atoms with Crippen molar-refractivity contribution >= 4 is 93.5 Å². The van der Waals surface area contributed by atoms with Gasteiger partial charge >= 0.3 is 11.9 Å². The normalized spacial score (nSPS) is 13.6. The predicted octanol–water partition coefficient (Wildman–Crippen LogP) is 13.8. The van der Waals surface area contributed by atoms with Crippen LogP contribution in [-0.2, 0) is 33.6 Å². The van der Waals surface area contributed by atoms with E-state index in [2.05, 4.69) is 20.4 Å². The number of benzene rings is 6. The summed E-state index contributed by atoms with van der Waals surface area (Å²) in [5.74, 6) is -0.0517. The first-order valence-electron chi connectivity index (χ1n) is 23.2. The highest BCUT2D eigenvalue weighted by Crippen LogP contribution is 2.38. The summed E-state index contributed by atoms with van der Waals surface area (Å²) in [6, 6.07) is 39.7. The predicted molar refractivity (Wildman–Crippen MR) is 295 cm³/mol. The molecule has 6 aromatic rings. The molecular weight excluding hydrogens is 1000 g/mol. The number of hydrogen-bond donors (Lipinski definition) is 4. The smallest absolute Gasteiger partial charge is 0.315 e. The van der Waals surface area contributed by atoms with Crippen molar-refractivity contribution in [2.45, 2.75) is 64.6 Å². The summed E-state index contributed by atoms with van der Waals surface area (Å²) in [4.78, 5) is 29.8. The zero-order valence-corrected chi connectivity index (χ0v) is 45.3. The van der Waals surface area contributed by atoms with Crippen molar-refractivity contribution in [2.24, 2.45) is 11.8 Å². The van der Waals surface area contributed by atoms with Crippen LogP contribution in [-0.4, -0.2) is 73.2 Å². The lowest BCUT2D eigenvalue weighted by Gasteiger charge is -2.35. The number of rotatable bonds is 20. The fraction of sp³-hybridized carbons (Fsp3) is 0.321. The van der Waals surface area contributed by atoms with Gasteiger partial charge in [0.05, 0.1) is 55.5 Å². The van der Waals surface area contributed by atoms with Crippen LogP contribution in [0, 0.1) is 11.8 Å². The number of para-hydroxylation sites is 4. The van der Waals surface area contributed by atoms with Gasteiger partial charge in [0.1, 0.15) is 11.5 Å². The molecule has 0 bridgehead atoms. The quantitative estimate of drug-likeness (QED) is 0.0434. The highest BCUT2D eigenvalue weighted by molar-refractivity contribution is 6.40. The molecule has 0 spiro atoms. The van der Waals surface area contributed by atoms with Crippen molar-refractivity contribution in [3.8, 4) is 11.5 Å². The van der Waals surface area contributed by atoms with Gasteiger partial charge in [-0.3, -0.25) is 9.59 Å². The number of esters is 2. The first-order chi connectivity index (χ1) is 33.3. The molecule has 0 radical (unpaired) electrons. The van der Waals surface area contributed by atoms with Crippen molar-refractivity contribution < 1.29 is 29.3 Å². The summed E-state index contributed by atoms with van der Waals surface area (Å²) in [5.41, 5.74) is 3.48. The molecule has 0 saturated heterocycles. The Morgan fingerprint density at radius 3 is 1.18 bits per heavy atom. The number of carbonyl (C=O) groups is 2. The molecule has 10 nitrogen and oxygen atoms in total. The number of halogens is 5. The number of aliphatic hydroxyl groups is 2. The van der Waals surface area contributed by atoms with Gasteiger partial charge < -0.3 is 40.1 Å². The van der Waals surface area contributed by atoms with E-state index >= 15 is 0 Å². The molecular formula is C56H65Cl5N4O6. The standard InChI is InChI=1S/2C28H32Cl2N2O3.ClH/c2*1-5-28(34,19(2)18-32(3)4)21-11-8-12-22(17-21)35-26(33)16-20-10-6-7-15-25(20)31-27-23(29)13-9-14-24(27)30;/h2*6-15,17,19,31,34H,5,16,18H2,1-4H3;1H/t2*19-,28-;/m11./s1. The van der Waals surface area contributed by atoms with E-state index in [0.29, 0.717) is 67.2 Å². The zero-order valence-electron chi connectivity index (χ0n) is 41.4. The summed E-state index contributed by atoms with van der Waals surface area (Å²) in [5, 5.41) is 31.3. The number of carbonyl (C=O) groups excluding carboxylic acids is 2. The van der Waals surface area contributed by atoms with Crippen LogP contribution in [0.4, 0.5) is 22.7 Å². The van der Waals surface area contributed by atoms with Gasteiger partial charge in [0.25, 0.3) is 0 Å². The molecule has 0 aliphatic rings. The minimum atomic E-state index is -1.03. The minimum Gasteiger partial charge on any atom is -0.426 e. The van der Waals surface area contributed by atoms with Gasteiger partial charge in [-0.25, -0.2) is 0 Å². The van der Waals surface area contributed by atoms with Gasteiger partial charge in [-0.15, -0.1) is 12.4 Å². The summed E-state index contributed by atoms with van der Waals surface area (Å²) in [7, 11) is 7.93. The minimum absolute atomic E-state index is 0. The van der Waals surface area contributed by atoms with E-state index in [1.807, 2.05) is 117 Å². The van der Waals surface area contributed by atoms with Gasteiger partial charge in [0, 0.05) is 36.3 Å². The lowest BCUT2D eigenvalue weighted by Crippen LogP contribution is -2.38. The van der Waals surface area contributed by atoms with Crippen molar-refractivity contribution in [1.82, 2.24) is 9.80 Å². The molecule has 0 amide bonds. The number of anilines is 4. The average Bonchev–Trinajstić information content (AvgIpc) is 3.31.